The Morgan fingerprint density at radius 2 is 1.28 bits per heavy atom. The first-order valence-electron chi connectivity index (χ1n) is 11.4. The number of amides is 4. The van der Waals surface area contributed by atoms with Gasteiger partial charge in [0, 0.05) is 0 Å². The Hall–Kier alpha value is -2.46. The number of hydrogen-bond donors (Lipinski definition) is 9. The first-order chi connectivity index (χ1) is 16.8. The molecule has 0 spiro atoms. The van der Waals surface area contributed by atoms with E-state index in [1.54, 1.807) is 13.8 Å². The Balaban J connectivity index is 5.26. The van der Waals surface area contributed by atoms with E-state index in [0.717, 1.165) is 0 Å². The maximum Gasteiger partial charge on any atom is 0.326 e. The maximum absolute atomic E-state index is 12.6. The summed E-state index contributed by atoms with van der Waals surface area (Å²) in [5.41, 5.74) is 5.76. The smallest absolute Gasteiger partial charge is 0.326 e. The summed E-state index contributed by atoms with van der Waals surface area (Å²) in [6, 6.07) is -6.87. The fourth-order valence-corrected chi connectivity index (χ4v) is 3.42. The molecule has 0 aromatic heterocycles. The van der Waals surface area contributed by atoms with Crippen molar-refractivity contribution in [1.29, 1.82) is 0 Å². The van der Waals surface area contributed by atoms with Gasteiger partial charge in [0.05, 0.1) is 25.4 Å². The third-order valence-corrected chi connectivity index (χ3v) is 5.63. The van der Waals surface area contributed by atoms with Gasteiger partial charge in [-0.1, -0.05) is 13.8 Å². The van der Waals surface area contributed by atoms with Gasteiger partial charge in [-0.25, -0.2) is 4.79 Å². The quantitative estimate of drug-likeness (QED) is 0.0881. The molecule has 0 heterocycles. The normalized spacial score (nSPS) is 16.1. The van der Waals surface area contributed by atoms with Crippen molar-refractivity contribution in [2.45, 2.75) is 69.9 Å². The number of aliphatic hydroxyl groups is 3. The zero-order valence-corrected chi connectivity index (χ0v) is 21.7. The summed E-state index contributed by atoms with van der Waals surface area (Å²) in [6.45, 7) is 2.92. The molecule has 0 rings (SSSR count). The zero-order valence-electron chi connectivity index (χ0n) is 20.9. The molecule has 0 aliphatic carbocycles. The first kappa shape index (κ1) is 33.5. The number of nitrogens with one attached hydrogen (secondary N) is 4. The summed E-state index contributed by atoms with van der Waals surface area (Å²) in [5, 5.41) is 47.1. The summed E-state index contributed by atoms with van der Waals surface area (Å²) in [5.74, 6) is -4.50. The van der Waals surface area contributed by atoms with Crippen LogP contribution in [0, 0.1) is 5.92 Å². The minimum absolute atomic E-state index is 0.0648. The molecule has 0 fully saturated rings. The topological polar surface area (TPSA) is 240 Å². The van der Waals surface area contributed by atoms with E-state index in [1.807, 2.05) is 6.26 Å². The SMILES string of the molecule is CSCC[C@H](N)C(=O)N[C@H](C(=O)N[C@@H](CO)C(=O)N[C@@H](CO)C(=O)N[C@@H](CC(C)C)C(=O)O)[C@@H](C)O. The van der Waals surface area contributed by atoms with Crippen molar-refractivity contribution < 1.29 is 44.4 Å². The van der Waals surface area contributed by atoms with Crippen LogP contribution in [-0.2, 0) is 24.0 Å². The van der Waals surface area contributed by atoms with E-state index in [4.69, 9.17) is 5.73 Å². The number of aliphatic carboxylic acids is 1. The van der Waals surface area contributed by atoms with E-state index in [9.17, 15) is 44.4 Å². The predicted molar refractivity (Wildman–Crippen MR) is 132 cm³/mol. The highest BCUT2D eigenvalue weighted by atomic mass is 32.2. The van der Waals surface area contributed by atoms with Crippen LogP contribution < -0.4 is 27.0 Å². The van der Waals surface area contributed by atoms with Crippen LogP contribution in [0.1, 0.15) is 33.6 Å². The van der Waals surface area contributed by atoms with Gasteiger partial charge >= 0.3 is 5.97 Å². The van der Waals surface area contributed by atoms with Gasteiger partial charge in [-0.15, -0.1) is 0 Å². The number of carbonyl (C=O) groups is 5. The van der Waals surface area contributed by atoms with Gasteiger partial charge < -0.3 is 47.4 Å². The van der Waals surface area contributed by atoms with E-state index in [2.05, 4.69) is 21.3 Å². The van der Waals surface area contributed by atoms with Crippen molar-refractivity contribution in [2.24, 2.45) is 11.7 Å². The molecule has 10 N–H and O–H groups in total. The first-order valence-corrected chi connectivity index (χ1v) is 12.8. The van der Waals surface area contributed by atoms with E-state index in [-0.39, 0.29) is 12.3 Å². The van der Waals surface area contributed by atoms with Crippen molar-refractivity contribution in [3.8, 4) is 0 Å². The summed E-state index contributed by atoms with van der Waals surface area (Å²) in [6.07, 6.45) is 0.884. The summed E-state index contributed by atoms with van der Waals surface area (Å²) in [4.78, 5) is 61.2. The Bertz CT molecular complexity index is 753. The number of carboxylic acid groups (broad SMARTS) is 1. The molecule has 0 aliphatic rings. The van der Waals surface area contributed by atoms with E-state index in [1.165, 1.54) is 18.7 Å². The second-order valence-electron chi connectivity index (χ2n) is 8.63. The molecular formula is C21H39N5O9S. The Morgan fingerprint density at radius 3 is 1.67 bits per heavy atom. The standard InChI is InChI=1S/C21H39N5O9S/c1-10(2)7-13(21(34)35)23-18(31)14(8-27)24-19(32)15(9-28)25-20(33)16(11(3)29)26-17(30)12(22)5-6-36-4/h10-16,27-29H,5-9,22H2,1-4H3,(H,23,31)(H,24,32)(H,25,33)(H,26,30)(H,34,35)/t11-,12+,13+,14+,15+,16+/m1/s1. The molecule has 0 aromatic rings. The van der Waals surface area contributed by atoms with Crippen molar-refractivity contribution in [3.05, 3.63) is 0 Å². The van der Waals surface area contributed by atoms with Gasteiger partial charge in [-0.05, 0) is 37.7 Å². The zero-order chi connectivity index (χ0) is 28.0. The lowest BCUT2D eigenvalue weighted by Crippen LogP contribution is -2.61. The fraction of sp³-hybridized carbons (Fsp3) is 0.762. The van der Waals surface area contributed by atoms with Crippen LogP contribution in [0.3, 0.4) is 0 Å². The van der Waals surface area contributed by atoms with E-state index in [0.29, 0.717) is 12.2 Å². The molecule has 208 valence electrons. The fourth-order valence-electron chi connectivity index (χ4n) is 2.93. The molecule has 0 aliphatic heterocycles. The van der Waals surface area contributed by atoms with Gasteiger partial charge in [0.15, 0.2) is 0 Å². The van der Waals surface area contributed by atoms with Gasteiger partial charge in [0.1, 0.15) is 24.2 Å². The van der Waals surface area contributed by atoms with Gasteiger partial charge in [-0.3, -0.25) is 19.2 Å². The highest BCUT2D eigenvalue weighted by molar-refractivity contribution is 7.98. The highest BCUT2D eigenvalue weighted by Crippen LogP contribution is 2.06. The lowest BCUT2D eigenvalue weighted by atomic mass is 10.0. The maximum atomic E-state index is 12.6. The molecule has 14 nitrogen and oxygen atoms in total. The number of carboxylic acids is 1. The summed E-state index contributed by atoms with van der Waals surface area (Å²) in [7, 11) is 0. The van der Waals surface area contributed by atoms with Crippen molar-refractivity contribution in [3.63, 3.8) is 0 Å². The number of rotatable bonds is 17. The molecule has 36 heavy (non-hydrogen) atoms. The Kier molecular flexibility index (Phi) is 15.9. The molecule has 0 saturated carbocycles. The lowest BCUT2D eigenvalue weighted by molar-refractivity contribution is -0.143. The van der Waals surface area contributed by atoms with Crippen LogP contribution in [0.15, 0.2) is 0 Å². The molecule has 0 bridgehead atoms. The molecule has 0 saturated heterocycles. The molecule has 0 aromatic carbocycles. The van der Waals surface area contributed by atoms with Gasteiger partial charge in [-0.2, -0.15) is 11.8 Å². The van der Waals surface area contributed by atoms with Crippen LogP contribution in [0.2, 0.25) is 0 Å². The van der Waals surface area contributed by atoms with Gasteiger partial charge in [0.2, 0.25) is 23.6 Å². The predicted octanol–water partition coefficient (Wildman–Crippen LogP) is -3.50. The minimum atomic E-state index is -1.62. The average Bonchev–Trinajstić information content (AvgIpc) is 2.80. The third kappa shape index (κ3) is 12.0. The largest absolute Gasteiger partial charge is 0.480 e. The lowest BCUT2D eigenvalue weighted by Gasteiger charge is -2.26. The van der Waals surface area contributed by atoms with Crippen molar-refractivity contribution in [1.82, 2.24) is 21.3 Å². The van der Waals surface area contributed by atoms with Crippen LogP contribution in [-0.4, -0.2) is 112 Å². The van der Waals surface area contributed by atoms with Crippen molar-refractivity contribution >= 4 is 41.4 Å². The monoisotopic (exact) mass is 537 g/mol. The Morgan fingerprint density at radius 1 is 0.806 bits per heavy atom. The molecule has 0 unspecified atom stereocenters. The molecule has 15 heteroatoms. The number of aliphatic hydroxyl groups excluding tert-OH is 3. The molecule has 0 radical (unpaired) electrons. The number of hydrogen-bond acceptors (Lipinski definition) is 10. The molecule has 6 atom stereocenters. The second-order valence-corrected chi connectivity index (χ2v) is 9.62. The summed E-state index contributed by atoms with van der Waals surface area (Å²) < 4.78 is 0. The van der Waals surface area contributed by atoms with Crippen LogP contribution >= 0.6 is 11.8 Å². The number of thioether (sulfide) groups is 1. The average molecular weight is 538 g/mol. The third-order valence-electron chi connectivity index (χ3n) is 4.99. The van der Waals surface area contributed by atoms with Crippen LogP contribution in [0.25, 0.3) is 0 Å². The molecular weight excluding hydrogens is 498 g/mol. The number of nitrogens with two attached hydrogens (primary N) is 1. The van der Waals surface area contributed by atoms with Crippen LogP contribution in [0.4, 0.5) is 0 Å². The summed E-state index contributed by atoms with van der Waals surface area (Å²) >= 11 is 1.47. The second kappa shape index (κ2) is 17.1. The van der Waals surface area contributed by atoms with Crippen LogP contribution in [0.5, 0.6) is 0 Å². The minimum Gasteiger partial charge on any atom is -0.480 e. The number of carbonyl (C=O) groups excluding carboxylic acids is 4. The Labute approximate surface area is 214 Å². The highest BCUT2D eigenvalue weighted by Gasteiger charge is 2.33. The van der Waals surface area contributed by atoms with Gasteiger partial charge in [0.25, 0.3) is 0 Å². The van der Waals surface area contributed by atoms with Crippen molar-refractivity contribution in [2.75, 3.05) is 25.2 Å². The van der Waals surface area contributed by atoms with E-state index < -0.39 is 79.1 Å². The molecule has 4 amide bonds. The van der Waals surface area contributed by atoms with E-state index >= 15 is 0 Å².